The maximum atomic E-state index is 11.8. The van der Waals surface area contributed by atoms with Crippen molar-refractivity contribution in [1.82, 2.24) is 0 Å². The van der Waals surface area contributed by atoms with Crippen molar-refractivity contribution < 1.29 is 23.1 Å². The molecule has 4 nitrogen and oxygen atoms in total. The van der Waals surface area contributed by atoms with Crippen molar-refractivity contribution in [3.8, 4) is 0 Å². The Morgan fingerprint density at radius 2 is 1.77 bits per heavy atom. The summed E-state index contributed by atoms with van der Waals surface area (Å²) in [5.74, 6) is -1.32. The van der Waals surface area contributed by atoms with Crippen LogP contribution in [0.3, 0.4) is 0 Å². The first-order valence-electron chi connectivity index (χ1n) is 3.56. The summed E-state index contributed by atoms with van der Waals surface area (Å²) in [6, 6.07) is -3.29. The van der Waals surface area contributed by atoms with Gasteiger partial charge in [-0.2, -0.15) is 13.2 Å². The molecule has 0 aliphatic carbocycles. The van der Waals surface area contributed by atoms with Gasteiger partial charge in [-0.05, 0) is 12.8 Å². The Morgan fingerprint density at radius 3 is 2.08 bits per heavy atom. The van der Waals surface area contributed by atoms with E-state index in [1.807, 2.05) is 0 Å². The van der Waals surface area contributed by atoms with Crippen LogP contribution in [0.1, 0.15) is 12.8 Å². The maximum Gasteiger partial charge on any atom is 0.403 e. The number of nitrogens with two attached hydrogens (primary N) is 2. The largest absolute Gasteiger partial charge is 0.480 e. The lowest BCUT2D eigenvalue weighted by atomic mass is 10.1. The average molecular weight is 200 g/mol. The van der Waals surface area contributed by atoms with Gasteiger partial charge in [-0.15, -0.1) is 0 Å². The van der Waals surface area contributed by atoms with Gasteiger partial charge in [0.05, 0.1) is 0 Å². The zero-order valence-electron chi connectivity index (χ0n) is 6.71. The number of rotatable bonds is 4. The number of hydrogen-bond donors (Lipinski definition) is 3. The SMILES string of the molecule is NC(CCC(N)C(F)(F)F)C(=O)O. The van der Waals surface area contributed by atoms with Crippen LogP contribution >= 0.6 is 0 Å². The summed E-state index contributed by atoms with van der Waals surface area (Å²) >= 11 is 0. The number of carboxylic acids is 1. The Labute approximate surface area is 72.7 Å². The van der Waals surface area contributed by atoms with Crippen molar-refractivity contribution in [3.05, 3.63) is 0 Å². The lowest BCUT2D eigenvalue weighted by molar-refractivity contribution is -0.151. The van der Waals surface area contributed by atoms with Crippen LogP contribution < -0.4 is 11.5 Å². The number of alkyl halides is 3. The van der Waals surface area contributed by atoms with E-state index in [0.717, 1.165) is 0 Å². The first-order chi connectivity index (χ1) is 5.75. The Bertz CT molecular complexity index is 183. The summed E-state index contributed by atoms with van der Waals surface area (Å²) in [7, 11) is 0. The van der Waals surface area contributed by atoms with E-state index in [2.05, 4.69) is 0 Å². The molecule has 0 fully saturated rings. The van der Waals surface area contributed by atoms with Gasteiger partial charge in [-0.1, -0.05) is 0 Å². The van der Waals surface area contributed by atoms with Gasteiger partial charge in [0.1, 0.15) is 12.1 Å². The van der Waals surface area contributed by atoms with Crippen LogP contribution in [0, 0.1) is 0 Å². The molecule has 0 aliphatic heterocycles. The Balaban J connectivity index is 3.83. The number of aliphatic carboxylic acids is 1. The second-order valence-corrected chi connectivity index (χ2v) is 2.67. The Hall–Kier alpha value is -0.820. The molecule has 5 N–H and O–H groups in total. The highest BCUT2D eigenvalue weighted by atomic mass is 19.4. The van der Waals surface area contributed by atoms with E-state index in [1.54, 1.807) is 0 Å². The minimum Gasteiger partial charge on any atom is -0.480 e. The molecule has 0 radical (unpaired) electrons. The van der Waals surface area contributed by atoms with Gasteiger partial charge < -0.3 is 16.6 Å². The molecule has 0 aromatic rings. The van der Waals surface area contributed by atoms with Gasteiger partial charge in [0, 0.05) is 0 Å². The minimum absolute atomic E-state index is 0.282. The standard InChI is InChI=1S/C6H11F3N2O2/c7-6(8,9)4(11)2-1-3(10)5(12)13/h3-4H,1-2,10-11H2,(H,12,13). The Morgan fingerprint density at radius 1 is 1.31 bits per heavy atom. The molecule has 0 aliphatic rings. The topological polar surface area (TPSA) is 89.3 Å². The van der Waals surface area contributed by atoms with E-state index in [4.69, 9.17) is 16.6 Å². The van der Waals surface area contributed by atoms with Crippen LogP contribution in [-0.2, 0) is 4.79 Å². The third kappa shape index (κ3) is 4.69. The fourth-order valence-corrected chi connectivity index (χ4v) is 0.646. The van der Waals surface area contributed by atoms with E-state index in [0.29, 0.717) is 0 Å². The zero-order valence-corrected chi connectivity index (χ0v) is 6.71. The molecule has 0 saturated carbocycles. The summed E-state index contributed by atoms with van der Waals surface area (Å²) in [5.41, 5.74) is 9.71. The second kappa shape index (κ2) is 4.43. The molecule has 0 rings (SSSR count). The van der Waals surface area contributed by atoms with Crippen molar-refractivity contribution in [2.45, 2.75) is 31.1 Å². The van der Waals surface area contributed by atoms with E-state index >= 15 is 0 Å². The highest BCUT2D eigenvalue weighted by molar-refractivity contribution is 5.72. The number of carbonyl (C=O) groups is 1. The molecular weight excluding hydrogens is 189 g/mol. The normalized spacial score (nSPS) is 16.7. The minimum atomic E-state index is -4.49. The third-order valence-electron chi connectivity index (χ3n) is 1.53. The fraction of sp³-hybridized carbons (Fsp3) is 0.833. The lowest BCUT2D eigenvalue weighted by Gasteiger charge is -2.16. The molecule has 0 heterocycles. The summed E-state index contributed by atoms with van der Waals surface area (Å²) in [5, 5.41) is 8.25. The van der Waals surface area contributed by atoms with Gasteiger partial charge in [-0.3, -0.25) is 4.79 Å². The van der Waals surface area contributed by atoms with Crippen molar-refractivity contribution >= 4 is 5.97 Å². The van der Waals surface area contributed by atoms with Crippen molar-refractivity contribution in [3.63, 3.8) is 0 Å². The molecule has 7 heteroatoms. The summed E-state index contributed by atoms with van der Waals surface area (Å²) < 4.78 is 35.4. The van der Waals surface area contributed by atoms with E-state index in [1.165, 1.54) is 0 Å². The van der Waals surface area contributed by atoms with Gasteiger partial charge in [0.2, 0.25) is 0 Å². The molecule has 0 bridgehead atoms. The van der Waals surface area contributed by atoms with Gasteiger partial charge in [0.15, 0.2) is 0 Å². The highest BCUT2D eigenvalue weighted by Crippen LogP contribution is 2.21. The van der Waals surface area contributed by atoms with Gasteiger partial charge >= 0.3 is 12.1 Å². The molecule has 0 aromatic carbocycles. The zero-order chi connectivity index (χ0) is 10.6. The molecule has 2 unspecified atom stereocenters. The average Bonchev–Trinajstić information content (AvgIpc) is 1.97. The van der Waals surface area contributed by atoms with E-state index in [-0.39, 0.29) is 6.42 Å². The highest BCUT2D eigenvalue weighted by Gasteiger charge is 2.36. The number of halogens is 3. The number of hydrogen-bond acceptors (Lipinski definition) is 3. The van der Waals surface area contributed by atoms with Crippen LogP contribution in [0.5, 0.6) is 0 Å². The third-order valence-corrected chi connectivity index (χ3v) is 1.53. The monoisotopic (exact) mass is 200 g/mol. The predicted octanol–water partition coefficient (Wildman–Crippen LogP) is 0.0681. The molecule has 2 atom stereocenters. The second-order valence-electron chi connectivity index (χ2n) is 2.67. The fourth-order valence-electron chi connectivity index (χ4n) is 0.646. The Kier molecular flexibility index (Phi) is 4.15. The summed E-state index contributed by atoms with van der Waals surface area (Å²) in [4.78, 5) is 10.1. The van der Waals surface area contributed by atoms with Crippen molar-refractivity contribution in [2.24, 2.45) is 11.5 Å². The molecule has 0 spiro atoms. The number of carboxylic acid groups (broad SMARTS) is 1. The molecule has 0 aromatic heterocycles. The lowest BCUT2D eigenvalue weighted by Crippen LogP contribution is -2.40. The molecule has 0 amide bonds. The van der Waals surface area contributed by atoms with Crippen LogP contribution in [-0.4, -0.2) is 29.3 Å². The van der Waals surface area contributed by atoms with Crippen molar-refractivity contribution in [1.29, 1.82) is 0 Å². The van der Waals surface area contributed by atoms with Crippen LogP contribution in [0.25, 0.3) is 0 Å². The molecule has 0 saturated heterocycles. The van der Waals surface area contributed by atoms with E-state index < -0.39 is 30.7 Å². The molecule has 13 heavy (non-hydrogen) atoms. The molecule has 78 valence electrons. The first kappa shape index (κ1) is 12.2. The van der Waals surface area contributed by atoms with Gasteiger partial charge in [-0.25, -0.2) is 0 Å². The molecular formula is C6H11F3N2O2. The predicted molar refractivity (Wildman–Crippen MR) is 38.9 cm³/mol. The van der Waals surface area contributed by atoms with Crippen molar-refractivity contribution in [2.75, 3.05) is 0 Å². The van der Waals surface area contributed by atoms with Crippen LogP contribution in [0.15, 0.2) is 0 Å². The quantitative estimate of drug-likeness (QED) is 0.599. The summed E-state index contributed by atoms with van der Waals surface area (Å²) in [6.45, 7) is 0. The van der Waals surface area contributed by atoms with E-state index in [9.17, 15) is 18.0 Å². The van der Waals surface area contributed by atoms with Crippen LogP contribution in [0.4, 0.5) is 13.2 Å². The smallest absolute Gasteiger partial charge is 0.403 e. The van der Waals surface area contributed by atoms with Crippen LogP contribution in [0.2, 0.25) is 0 Å². The summed E-state index contributed by atoms with van der Waals surface area (Å²) in [6.07, 6.45) is -5.24. The first-order valence-corrected chi connectivity index (χ1v) is 3.56. The maximum absolute atomic E-state index is 11.8. The van der Waals surface area contributed by atoms with Gasteiger partial charge in [0.25, 0.3) is 0 Å².